The molecule has 0 rings (SSSR count). The molecular weight excluding hydrogens is 392 g/mol. The molecule has 0 heterocycles. The molecule has 170 valence electrons. The van der Waals surface area contributed by atoms with Gasteiger partial charge in [0.1, 0.15) is 0 Å². The molecular formula is C20H46O6Si2. The Kier molecular flexibility index (Phi) is 12.9. The molecule has 8 heteroatoms. The van der Waals surface area contributed by atoms with E-state index < -0.39 is 17.6 Å². The summed E-state index contributed by atoms with van der Waals surface area (Å²) < 4.78 is 37.9. The minimum atomic E-state index is -2.95. The van der Waals surface area contributed by atoms with Crippen LogP contribution in [0.5, 0.6) is 0 Å². The Hall–Kier alpha value is 0.194. The van der Waals surface area contributed by atoms with Gasteiger partial charge in [0, 0.05) is 48.7 Å². The van der Waals surface area contributed by atoms with E-state index in [0.29, 0.717) is 12.1 Å². The lowest BCUT2D eigenvalue weighted by atomic mass is 10.5. The third-order valence-electron chi connectivity index (χ3n) is 3.23. The van der Waals surface area contributed by atoms with Gasteiger partial charge in [-0.1, -0.05) is 0 Å². The van der Waals surface area contributed by atoms with E-state index in [0.717, 1.165) is 0 Å². The second-order valence-corrected chi connectivity index (χ2v) is 14.0. The predicted octanol–water partition coefficient (Wildman–Crippen LogP) is 5.41. The summed E-state index contributed by atoms with van der Waals surface area (Å²) in [5, 5.41) is 0. The van der Waals surface area contributed by atoms with Gasteiger partial charge in [-0.2, -0.15) is 0 Å². The van der Waals surface area contributed by atoms with Crippen LogP contribution in [0.1, 0.15) is 83.1 Å². The molecule has 0 unspecified atom stereocenters. The first-order chi connectivity index (χ1) is 12.7. The van der Waals surface area contributed by atoms with Crippen molar-refractivity contribution in [1.82, 2.24) is 0 Å². The standard InChI is InChI=1S/C20H46O6Si2/c1-15(2)21-27(22-16(3)4,23-17(5)6)13-14-28(24-18(7)8,25-19(9)10)26-20(11)12/h15-20H,13-14H2,1-12H3. The van der Waals surface area contributed by atoms with Crippen LogP contribution in [-0.2, 0) is 26.6 Å². The van der Waals surface area contributed by atoms with Crippen molar-refractivity contribution >= 4 is 17.6 Å². The van der Waals surface area contributed by atoms with Crippen LogP contribution in [0.25, 0.3) is 0 Å². The Labute approximate surface area is 176 Å². The average molecular weight is 439 g/mol. The third-order valence-corrected chi connectivity index (χ3v) is 10.4. The lowest BCUT2D eigenvalue weighted by Crippen LogP contribution is -2.55. The van der Waals surface area contributed by atoms with Crippen molar-refractivity contribution in [2.45, 2.75) is 132 Å². The van der Waals surface area contributed by atoms with E-state index in [-0.39, 0.29) is 36.6 Å². The number of hydrogen-bond donors (Lipinski definition) is 0. The van der Waals surface area contributed by atoms with Crippen LogP contribution in [0.15, 0.2) is 0 Å². The zero-order chi connectivity index (χ0) is 22.1. The second-order valence-electron chi connectivity index (χ2n) is 8.87. The summed E-state index contributed by atoms with van der Waals surface area (Å²) in [6, 6.07) is 1.19. The van der Waals surface area contributed by atoms with E-state index in [1.165, 1.54) is 0 Å². The van der Waals surface area contributed by atoms with Crippen molar-refractivity contribution in [3.8, 4) is 0 Å². The first-order valence-electron chi connectivity index (χ1n) is 10.8. The normalized spacial score (nSPS) is 13.9. The Bertz CT molecular complexity index is 322. The summed E-state index contributed by atoms with van der Waals surface area (Å²) >= 11 is 0. The van der Waals surface area contributed by atoms with Crippen molar-refractivity contribution in [2.24, 2.45) is 0 Å². The van der Waals surface area contributed by atoms with E-state index in [4.69, 9.17) is 26.6 Å². The lowest BCUT2D eigenvalue weighted by molar-refractivity contribution is -0.00822. The van der Waals surface area contributed by atoms with Gasteiger partial charge in [-0.3, -0.25) is 0 Å². The molecule has 0 aromatic heterocycles. The smallest absolute Gasteiger partial charge is 0.371 e. The van der Waals surface area contributed by atoms with Gasteiger partial charge < -0.3 is 26.6 Å². The summed E-state index contributed by atoms with van der Waals surface area (Å²) in [6.45, 7) is 24.2. The molecule has 0 amide bonds. The van der Waals surface area contributed by atoms with Crippen LogP contribution in [0.4, 0.5) is 0 Å². The maximum absolute atomic E-state index is 6.32. The molecule has 0 aliphatic heterocycles. The maximum atomic E-state index is 6.32. The zero-order valence-corrected chi connectivity index (χ0v) is 22.3. The molecule has 0 atom stereocenters. The fraction of sp³-hybridized carbons (Fsp3) is 1.00. The molecule has 0 spiro atoms. The summed E-state index contributed by atoms with van der Waals surface area (Å²) in [4.78, 5) is 0. The fourth-order valence-corrected chi connectivity index (χ4v) is 10.8. The van der Waals surface area contributed by atoms with E-state index in [1.807, 2.05) is 83.1 Å². The minimum Gasteiger partial charge on any atom is -0.371 e. The third kappa shape index (κ3) is 12.0. The molecule has 0 aromatic rings. The van der Waals surface area contributed by atoms with E-state index in [2.05, 4.69) is 0 Å². The second kappa shape index (κ2) is 12.8. The Balaban J connectivity index is 5.82. The molecule has 0 N–H and O–H groups in total. The zero-order valence-electron chi connectivity index (χ0n) is 20.3. The van der Waals surface area contributed by atoms with Crippen LogP contribution in [-0.4, -0.2) is 54.2 Å². The van der Waals surface area contributed by atoms with E-state index in [9.17, 15) is 0 Å². The summed E-state index contributed by atoms with van der Waals surface area (Å²) in [7, 11) is -5.91. The van der Waals surface area contributed by atoms with Gasteiger partial charge in [0.25, 0.3) is 0 Å². The van der Waals surface area contributed by atoms with E-state index in [1.54, 1.807) is 0 Å². The molecule has 28 heavy (non-hydrogen) atoms. The number of rotatable bonds is 15. The van der Waals surface area contributed by atoms with Gasteiger partial charge in [0.05, 0.1) is 0 Å². The Morgan fingerprint density at radius 2 is 0.500 bits per heavy atom. The molecule has 0 saturated heterocycles. The molecule has 0 fully saturated rings. The highest BCUT2D eigenvalue weighted by Crippen LogP contribution is 2.31. The lowest BCUT2D eigenvalue weighted by Gasteiger charge is -2.38. The molecule has 0 saturated carbocycles. The van der Waals surface area contributed by atoms with Crippen molar-refractivity contribution < 1.29 is 26.6 Å². The van der Waals surface area contributed by atoms with Crippen LogP contribution in [0.3, 0.4) is 0 Å². The van der Waals surface area contributed by atoms with Crippen LogP contribution < -0.4 is 0 Å². The molecule has 0 aliphatic carbocycles. The molecule has 0 bridgehead atoms. The first-order valence-corrected chi connectivity index (χ1v) is 14.6. The van der Waals surface area contributed by atoms with Gasteiger partial charge in [-0.25, -0.2) is 0 Å². The predicted molar refractivity (Wildman–Crippen MR) is 118 cm³/mol. The topological polar surface area (TPSA) is 55.4 Å². The SMILES string of the molecule is CC(C)O[Si](CC[Si](OC(C)C)(OC(C)C)OC(C)C)(OC(C)C)OC(C)C. The average Bonchev–Trinajstić information content (AvgIpc) is 2.40. The van der Waals surface area contributed by atoms with E-state index >= 15 is 0 Å². The highest BCUT2D eigenvalue weighted by Gasteiger charge is 2.51. The van der Waals surface area contributed by atoms with Gasteiger partial charge in [-0.15, -0.1) is 0 Å². The van der Waals surface area contributed by atoms with Gasteiger partial charge >= 0.3 is 17.6 Å². The maximum Gasteiger partial charge on any atom is 0.501 e. The molecule has 0 radical (unpaired) electrons. The van der Waals surface area contributed by atoms with Gasteiger partial charge in [0.2, 0.25) is 0 Å². The van der Waals surface area contributed by atoms with Crippen LogP contribution in [0, 0.1) is 0 Å². The van der Waals surface area contributed by atoms with Crippen LogP contribution in [0.2, 0.25) is 12.1 Å². The first kappa shape index (κ1) is 28.2. The van der Waals surface area contributed by atoms with Crippen molar-refractivity contribution in [3.05, 3.63) is 0 Å². The monoisotopic (exact) mass is 438 g/mol. The Morgan fingerprint density at radius 3 is 0.607 bits per heavy atom. The minimum absolute atomic E-state index is 0.00304. The quantitative estimate of drug-likeness (QED) is 0.318. The fourth-order valence-electron chi connectivity index (χ4n) is 2.98. The van der Waals surface area contributed by atoms with Crippen molar-refractivity contribution in [2.75, 3.05) is 0 Å². The van der Waals surface area contributed by atoms with Gasteiger partial charge in [-0.05, 0) is 83.1 Å². The van der Waals surface area contributed by atoms with Crippen LogP contribution >= 0.6 is 0 Å². The summed E-state index contributed by atoms with van der Waals surface area (Å²) in [6.07, 6.45) is 0.0182. The molecule has 6 nitrogen and oxygen atoms in total. The van der Waals surface area contributed by atoms with Crippen molar-refractivity contribution in [3.63, 3.8) is 0 Å². The number of hydrogen-bond acceptors (Lipinski definition) is 6. The van der Waals surface area contributed by atoms with Crippen molar-refractivity contribution in [1.29, 1.82) is 0 Å². The highest BCUT2D eigenvalue weighted by molar-refractivity contribution is 6.66. The molecule has 0 aromatic carbocycles. The largest absolute Gasteiger partial charge is 0.501 e. The van der Waals surface area contributed by atoms with Gasteiger partial charge in [0.15, 0.2) is 0 Å². The summed E-state index contributed by atoms with van der Waals surface area (Å²) in [5.41, 5.74) is 0. The molecule has 0 aliphatic rings. The summed E-state index contributed by atoms with van der Waals surface area (Å²) in [5.74, 6) is 0. The highest BCUT2D eigenvalue weighted by atomic mass is 28.4. The Morgan fingerprint density at radius 1 is 0.357 bits per heavy atom.